The Kier molecular flexibility index (Phi) is 3.47. The van der Waals surface area contributed by atoms with Gasteiger partial charge in [0.05, 0.1) is 10.9 Å². The minimum absolute atomic E-state index is 0.0677. The van der Waals surface area contributed by atoms with Crippen molar-refractivity contribution in [3.05, 3.63) is 21.9 Å². The third-order valence-corrected chi connectivity index (χ3v) is 2.79. The van der Waals surface area contributed by atoms with Crippen molar-refractivity contribution in [3.63, 3.8) is 0 Å². The SMILES string of the molecule is CCc1ccc(C(=O)NCC#N)s1. The topological polar surface area (TPSA) is 52.9 Å². The number of rotatable bonds is 3. The lowest BCUT2D eigenvalue weighted by molar-refractivity contribution is 0.0962. The third kappa shape index (κ3) is 2.56. The Balaban J connectivity index is 2.62. The molecule has 0 atom stereocenters. The molecule has 4 heteroatoms. The van der Waals surface area contributed by atoms with Crippen molar-refractivity contribution in [3.8, 4) is 6.07 Å². The summed E-state index contributed by atoms with van der Waals surface area (Å²) >= 11 is 1.47. The van der Waals surface area contributed by atoms with Crippen LogP contribution in [0, 0.1) is 11.3 Å². The molecule has 1 N–H and O–H groups in total. The average Bonchev–Trinajstić information content (AvgIpc) is 2.62. The van der Waals surface area contributed by atoms with E-state index >= 15 is 0 Å². The smallest absolute Gasteiger partial charge is 0.262 e. The lowest BCUT2D eigenvalue weighted by Crippen LogP contribution is -2.22. The van der Waals surface area contributed by atoms with E-state index in [1.54, 1.807) is 6.07 Å². The van der Waals surface area contributed by atoms with Crippen molar-refractivity contribution in [2.75, 3.05) is 6.54 Å². The average molecular weight is 194 g/mol. The molecule has 0 bridgehead atoms. The van der Waals surface area contributed by atoms with Gasteiger partial charge in [0.1, 0.15) is 6.54 Å². The minimum atomic E-state index is -0.161. The molecule has 1 rings (SSSR count). The summed E-state index contributed by atoms with van der Waals surface area (Å²) in [7, 11) is 0. The van der Waals surface area contributed by atoms with Crippen molar-refractivity contribution in [2.45, 2.75) is 13.3 Å². The minimum Gasteiger partial charge on any atom is -0.338 e. The molecule has 0 radical (unpaired) electrons. The van der Waals surface area contributed by atoms with E-state index in [2.05, 4.69) is 5.32 Å². The Hall–Kier alpha value is -1.34. The summed E-state index contributed by atoms with van der Waals surface area (Å²) in [5, 5.41) is 10.7. The van der Waals surface area contributed by atoms with Gasteiger partial charge in [-0.05, 0) is 18.6 Å². The van der Waals surface area contributed by atoms with Crippen LogP contribution in [-0.4, -0.2) is 12.5 Å². The summed E-state index contributed by atoms with van der Waals surface area (Å²) in [6.45, 7) is 2.11. The van der Waals surface area contributed by atoms with E-state index in [0.29, 0.717) is 4.88 Å². The first-order chi connectivity index (χ1) is 6.27. The summed E-state index contributed by atoms with van der Waals surface area (Å²) < 4.78 is 0. The summed E-state index contributed by atoms with van der Waals surface area (Å²) in [5.74, 6) is -0.161. The van der Waals surface area contributed by atoms with Gasteiger partial charge in [0, 0.05) is 4.88 Å². The van der Waals surface area contributed by atoms with Gasteiger partial charge in [-0.25, -0.2) is 0 Å². The molecule has 68 valence electrons. The number of hydrogen-bond acceptors (Lipinski definition) is 3. The molecule has 0 aliphatic heterocycles. The van der Waals surface area contributed by atoms with E-state index < -0.39 is 0 Å². The van der Waals surface area contributed by atoms with Crippen LogP contribution in [0.5, 0.6) is 0 Å². The summed E-state index contributed by atoms with van der Waals surface area (Å²) in [5.41, 5.74) is 0. The molecule has 1 amide bonds. The Morgan fingerprint density at radius 1 is 1.69 bits per heavy atom. The molecule has 0 aliphatic carbocycles. The lowest BCUT2D eigenvalue weighted by atomic mass is 10.3. The second kappa shape index (κ2) is 4.63. The molecule has 1 aromatic rings. The quantitative estimate of drug-likeness (QED) is 0.742. The Bertz CT molecular complexity index is 338. The fourth-order valence-electron chi connectivity index (χ4n) is 0.897. The fourth-order valence-corrected chi connectivity index (χ4v) is 1.76. The molecule has 0 unspecified atom stereocenters. The standard InChI is InChI=1S/C9H10N2OS/c1-2-7-3-4-8(13-7)9(12)11-6-5-10/h3-4H,2,6H2,1H3,(H,11,12). The highest BCUT2D eigenvalue weighted by Crippen LogP contribution is 2.16. The zero-order valence-electron chi connectivity index (χ0n) is 7.33. The normalized spacial score (nSPS) is 9.23. The van der Waals surface area contributed by atoms with Crippen LogP contribution in [0.2, 0.25) is 0 Å². The van der Waals surface area contributed by atoms with E-state index in [-0.39, 0.29) is 12.5 Å². The number of amides is 1. The number of carbonyl (C=O) groups excluding carboxylic acids is 1. The number of carbonyl (C=O) groups is 1. The molecule has 13 heavy (non-hydrogen) atoms. The predicted molar refractivity (Wildman–Crippen MR) is 51.6 cm³/mol. The Labute approximate surface area is 81.0 Å². The van der Waals surface area contributed by atoms with Crippen LogP contribution >= 0.6 is 11.3 Å². The van der Waals surface area contributed by atoms with Crippen molar-refractivity contribution in [1.29, 1.82) is 5.26 Å². The van der Waals surface area contributed by atoms with Crippen LogP contribution in [0.3, 0.4) is 0 Å². The summed E-state index contributed by atoms with van der Waals surface area (Å²) in [4.78, 5) is 13.1. The van der Waals surface area contributed by atoms with E-state index in [4.69, 9.17) is 5.26 Å². The molecule has 1 heterocycles. The molecule has 0 aliphatic rings. The maximum Gasteiger partial charge on any atom is 0.262 e. The maximum absolute atomic E-state index is 11.3. The van der Waals surface area contributed by atoms with Gasteiger partial charge >= 0.3 is 0 Å². The van der Waals surface area contributed by atoms with E-state index in [0.717, 1.165) is 6.42 Å². The Morgan fingerprint density at radius 3 is 3.00 bits per heavy atom. The second-order valence-corrected chi connectivity index (χ2v) is 3.63. The zero-order chi connectivity index (χ0) is 9.68. The Morgan fingerprint density at radius 2 is 2.46 bits per heavy atom. The number of nitriles is 1. The van der Waals surface area contributed by atoms with Gasteiger partial charge in [-0.1, -0.05) is 6.92 Å². The summed E-state index contributed by atoms with van der Waals surface area (Å²) in [6.07, 6.45) is 0.941. The van der Waals surface area contributed by atoms with Crippen LogP contribution in [0.1, 0.15) is 21.5 Å². The van der Waals surface area contributed by atoms with E-state index in [1.807, 2.05) is 19.1 Å². The molecule has 0 saturated carbocycles. The lowest BCUT2D eigenvalue weighted by Gasteiger charge is -1.95. The monoisotopic (exact) mass is 194 g/mol. The zero-order valence-corrected chi connectivity index (χ0v) is 8.15. The van der Waals surface area contributed by atoms with Crippen molar-refractivity contribution in [1.82, 2.24) is 5.32 Å². The van der Waals surface area contributed by atoms with Gasteiger partial charge in [0.15, 0.2) is 0 Å². The molecule has 3 nitrogen and oxygen atoms in total. The summed E-state index contributed by atoms with van der Waals surface area (Å²) in [6, 6.07) is 5.59. The molecule has 0 saturated heterocycles. The number of nitrogens with zero attached hydrogens (tertiary/aromatic N) is 1. The van der Waals surface area contributed by atoms with Crippen molar-refractivity contribution < 1.29 is 4.79 Å². The van der Waals surface area contributed by atoms with E-state index in [9.17, 15) is 4.79 Å². The van der Waals surface area contributed by atoms with Crippen molar-refractivity contribution >= 4 is 17.2 Å². The molecule has 0 spiro atoms. The van der Waals surface area contributed by atoms with E-state index in [1.165, 1.54) is 16.2 Å². The first-order valence-corrected chi connectivity index (χ1v) is 4.83. The molecule has 0 aromatic carbocycles. The number of thiophene rings is 1. The molecule has 1 aromatic heterocycles. The van der Waals surface area contributed by atoms with Gasteiger partial charge in [-0.3, -0.25) is 4.79 Å². The van der Waals surface area contributed by atoms with Gasteiger partial charge in [-0.2, -0.15) is 5.26 Å². The van der Waals surface area contributed by atoms with Gasteiger partial charge < -0.3 is 5.32 Å². The largest absolute Gasteiger partial charge is 0.338 e. The first-order valence-electron chi connectivity index (χ1n) is 4.01. The van der Waals surface area contributed by atoms with Gasteiger partial charge in [0.25, 0.3) is 5.91 Å². The second-order valence-electron chi connectivity index (χ2n) is 2.46. The van der Waals surface area contributed by atoms with Crippen LogP contribution in [0.15, 0.2) is 12.1 Å². The predicted octanol–water partition coefficient (Wildman–Crippen LogP) is 1.56. The first kappa shape index (κ1) is 9.75. The van der Waals surface area contributed by atoms with Gasteiger partial charge in [-0.15, -0.1) is 11.3 Å². The molecular weight excluding hydrogens is 184 g/mol. The molecular formula is C9H10N2OS. The van der Waals surface area contributed by atoms with Crippen LogP contribution in [0.4, 0.5) is 0 Å². The van der Waals surface area contributed by atoms with Crippen LogP contribution < -0.4 is 5.32 Å². The fraction of sp³-hybridized carbons (Fsp3) is 0.333. The highest BCUT2D eigenvalue weighted by molar-refractivity contribution is 7.14. The maximum atomic E-state index is 11.3. The third-order valence-electron chi connectivity index (χ3n) is 1.56. The van der Waals surface area contributed by atoms with Crippen LogP contribution in [-0.2, 0) is 6.42 Å². The number of nitrogens with one attached hydrogen (secondary N) is 1. The number of hydrogen-bond donors (Lipinski definition) is 1. The molecule has 0 fully saturated rings. The highest BCUT2D eigenvalue weighted by Gasteiger charge is 2.06. The van der Waals surface area contributed by atoms with Crippen molar-refractivity contribution in [2.24, 2.45) is 0 Å². The van der Waals surface area contributed by atoms with Gasteiger partial charge in [0.2, 0.25) is 0 Å². The van der Waals surface area contributed by atoms with Crippen LogP contribution in [0.25, 0.3) is 0 Å². The number of aryl methyl sites for hydroxylation is 1. The highest BCUT2D eigenvalue weighted by atomic mass is 32.1.